The molecule has 3 N–H and O–H groups in total. The van der Waals surface area contributed by atoms with Gasteiger partial charge in [-0.2, -0.15) is 8.42 Å². The molecule has 0 unspecified atom stereocenters. The predicted octanol–water partition coefficient (Wildman–Crippen LogP) is 1.68. The summed E-state index contributed by atoms with van der Waals surface area (Å²) < 4.78 is 34.2. The molecule has 0 aliphatic carbocycles. The molecule has 114 valence electrons. The van der Waals surface area contributed by atoms with Crippen molar-refractivity contribution in [3.63, 3.8) is 0 Å². The molecule has 1 rings (SSSR count). The van der Waals surface area contributed by atoms with E-state index in [9.17, 15) is 13.5 Å². The average molecular weight is 303 g/mol. The van der Waals surface area contributed by atoms with E-state index < -0.39 is 16.5 Å². The van der Waals surface area contributed by atoms with Crippen LogP contribution in [-0.4, -0.2) is 30.7 Å². The maximum atomic E-state index is 10.6. The van der Waals surface area contributed by atoms with E-state index in [0.717, 1.165) is 12.8 Å². The third kappa shape index (κ3) is 6.33. The van der Waals surface area contributed by atoms with Gasteiger partial charge in [-0.15, -0.1) is 0 Å². The van der Waals surface area contributed by atoms with Crippen molar-refractivity contribution in [1.82, 2.24) is 5.32 Å². The predicted molar refractivity (Wildman–Crippen MR) is 76.0 cm³/mol. The van der Waals surface area contributed by atoms with Crippen LogP contribution in [0, 0.1) is 0 Å². The van der Waals surface area contributed by atoms with Gasteiger partial charge in [-0.25, -0.2) is 0 Å². The fourth-order valence-corrected chi connectivity index (χ4v) is 2.21. The first-order valence-corrected chi connectivity index (χ1v) is 7.86. The molecule has 0 heterocycles. The molecule has 0 amide bonds. The van der Waals surface area contributed by atoms with E-state index in [1.807, 2.05) is 6.92 Å². The Labute approximate surface area is 119 Å². The maximum Gasteiger partial charge on any atom is 0.446 e. The lowest BCUT2D eigenvalue weighted by Crippen LogP contribution is -2.30. The van der Waals surface area contributed by atoms with E-state index in [0.29, 0.717) is 18.2 Å². The zero-order chi connectivity index (χ0) is 15.2. The molecule has 0 spiro atoms. The van der Waals surface area contributed by atoms with E-state index in [1.54, 1.807) is 12.1 Å². The van der Waals surface area contributed by atoms with E-state index >= 15 is 0 Å². The van der Waals surface area contributed by atoms with Crippen LogP contribution < -0.4 is 9.50 Å². The molecule has 0 aliphatic heterocycles. The lowest BCUT2D eigenvalue weighted by molar-refractivity contribution is 0.169. The summed E-state index contributed by atoms with van der Waals surface area (Å²) in [4.78, 5) is 0. The van der Waals surface area contributed by atoms with Gasteiger partial charge in [-0.3, -0.25) is 4.55 Å². The van der Waals surface area contributed by atoms with Crippen molar-refractivity contribution in [2.75, 3.05) is 6.54 Å². The molecule has 20 heavy (non-hydrogen) atoms. The quantitative estimate of drug-likeness (QED) is 0.632. The van der Waals surface area contributed by atoms with Crippen molar-refractivity contribution >= 4 is 10.4 Å². The summed E-state index contributed by atoms with van der Waals surface area (Å²) in [6, 6.07) is 6.27. The van der Waals surface area contributed by atoms with Crippen LogP contribution in [0.15, 0.2) is 24.3 Å². The third-order valence-electron chi connectivity index (χ3n) is 2.83. The largest absolute Gasteiger partial charge is 0.446 e. The molecule has 0 saturated heterocycles. The Kier molecular flexibility index (Phi) is 6.41. The van der Waals surface area contributed by atoms with Crippen molar-refractivity contribution < 1.29 is 22.3 Å². The molecule has 1 aromatic carbocycles. The number of aliphatic hydroxyl groups is 1. The number of aliphatic hydroxyl groups excluding tert-OH is 1. The normalized spacial score (nSPS) is 14.8. The van der Waals surface area contributed by atoms with E-state index in [-0.39, 0.29) is 5.75 Å². The Hall–Kier alpha value is -1.15. The SMILES string of the molecule is CCC[C@@H](C)NC[C@H](O)c1cccc(OS(=O)(=O)O)c1. The van der Waals surface area contributed by atoms with Crippen LogP contribution in [0.2, 0.25) is 0 Å². The maximum absolute atomic E-state index is 10.6. The second-order valence-electron chi connectivity index (χ2n) is 4.70. The van der Waals surface area contributed by atoms with Gasteiger partial charge in [0.15, 0.2) is 0 Å². The molecule has 0 aliphatic rings. The number of hydrogen-bond acceptors (Lipinski definition) is 5. The summed E-state index contributed by atoms with van der Waals surface area (Å²) in [6.45, 7) is 4.48. The van der Waals surface area contributed by atoms with Crippen LogP contribution in [0.3, 0.4) is 0 Å². The standard InChI is InChI=1S/C13H21NO5S/c1-3-5-10(2)14-9-13(15)11-6-4-7-12(8-11)19-20(16,17)18/h4,6-8,10,13-15H,3,5,9H2,1-2H3,(H,16,17,18)/t10-,13+/m1/s1. The van der Waals surface area contributed by atoms with Crippen LogP contribution in [0.25, 0.3) is 0 Å². The van der Waals surface area contributed by atoms with Gasteiger partial charge in [0.25, 0.3) is 0 Å². The minimum absolute atomic E-state index is 0.0364. The first-order chi connectivity index (χ1) is 9.31. The van der Waals surface area contributed by atoms with Gasteiger partial charge < -0.3 is 14.6 Å². The zero-order valence-corrected chi connectivity index (χ0v) is 12.4. The smallest absolute Gasteiger partial charge is 0.387 e. The number of rotatable bonds is 8. The van der Waals surface area contributed by atoms with Gasteiger partial charge in [0.1, 0.15) is 5.75 Å². The second kappa shape index (κ2) is 7.58. The van der Waals surface area contributed by atoms with Crippen molar-refractivity contribution in [3.05, 3.63) is 29.8 Å². The first-order valence-electron chi connectivity index (χ1n) is 6.50. The van der Waals surface area contributed by atoms with Crippen LogP contribution in [0.1, 0.15) is 38.4 Å². The van der Waals surface area contributed by atoms with Gasteiger partial charge in [0.05, 0.1) is 6.10 Å². The molecular weight excluding hydrogens is 282 g/mol. The molecule has 1 aromatic rings. The molecule has 0 bridgehead atoms. The summed E-state index contributed by atoms with van der Waals surface area (Å²) in [7, 11) is -4.55. The molecule has 0 aromatic heterocycles. The van der Waals surface area contributed by atoms with Crippen LogP contribution >= 0.6 is 0 Å². The summed E-state index contributed by atoms with van der Waals surface area (Å²) in [5.41, 5.74) is 0.516. The fourth-order valence-electron chi connectivity index (χ4n) is 1.86. The second-order valence-corrected chi connectivity index (χ2v) is 5.72. The highest BCUT2D eigenvalue weighted by Gasteiger charge is 2.12. The number of hydrogen-bond donors (Lipinski definition) is 3. The van der Waals surface area contributed by atoms with Gasteiger partial charge >= 0.3 is 10.4 Å². The van der Waals surface area contributed by atoms with Gasteiger partial charge in [0, 0.05) is 12.6 Å². The average Bonchev–Trinajstić information content (AvgIpc) is 2.34. The number of nitrogens with one attached hydrogen (secondary N) is 1. The molecule has 0 saturated carbocycles. The minimum atomic E-state index is -4.55. The van der Waals surface area contributed by atoms with E-state index in [1.165, 1.54) is 12.1 Å². The van der Waals surface area contributed by atoms with Gasteiger partial charge in [-0.1, -0.05) is 25.5 Å². The van der Waals surface area contributed by atoms with Crippen LogP contribution in [0.5, 0.6) is 5.75 Å². The van der Waals surface area contributed by atoms with E-state index in [2.05, 4.69) is 16.4 Å². The summed E-state index contributed by atoms with van der Waals surface area (Å²) >= 11 is 0. The zero-order valence-electron chi connectivity index (χ0n) is 11.6. The Balaban J connectivity index is 2.64. The third-order valence-corrected chi connectivity index (χ3v) is 3.23. The Morgan fingerprint density at radius 2 is 2.10 bits per heavy atom. The molecule has 0 fully saturated rings. The minimum Gasteiger partial charge on any atom is -0.387 e. The number of benzene rings is 1. The molecule has 7 heteroatoms. The van der Waals surface area contributed by atoms with Gasteiger partial charge in [0.2, 0.25) is 0 Å². The monoisotopic (exact) mass is 303 g/mol. The molecule has 6 nitrogen and oxygen atoms in total. The van der Waals surface area contributed by atoms with Gasteiger partial charge in [-0.05, 0) is 31.0 Å². The highest BCUT2D eigenvalue weighted by molar-refractivity contribution is 7.81. The Bertz CT molecular complexity index is 517. The topological polar surface area (TPSA) is 95.9 Å². The Morgan fingerprint density at radius 3 is 2.70 bits per heavy atom. The lowest BCUT2D eigenvalue weighted by Gasteiger charge is -2.17. The summed E-state index contributed by atoms with van der Waals surface area (Å²) in [5.74, 6) is -0.0364. The molecular formula is C13H21NO5S. The van der Waals surface area contributed by atoms with Crippen molar-refractivity contribution in [1.29, 1.82) is 0 Å². The fraction of sp³-hybridized carbons (Fsp3) is 0.538. The van der Waals surface area contributed by atoms with Crippen LogP contribution in [-0.2, 0) is 10.4 Å². The van der Waals surface area contributed by atoms with E-state index in [4.69, 9.17) is 4.55 Å². The molecule has 0 radical (unpaired) electrons. The van der Waals surface area contributed by atoms with Crippen molar-refractivity contribution in [2.45, 2.75) is 38.8 Å². The first kappa shape index (κ1) is 16.9. The lowest BCUT2D eigenvalue weighted by atomic mass is 10.1. The van der Waals surface area contributed by atoms with Crippen molar-refractivity contribution in [3.8, 4) is 5.75 Å². The molecule has 2 atom stereocenters. The Morgan fingerprint density at radius 1 is 1.40 bits per heavy atom. The highest BCUT2D eigenvalue weighted by atomic mass is 32.3. The van der Waals surface area contributed by atoms with Crippen molar-refractivity contribution in [2.24, 2.45) is 0 Å². The summed E-state index contributed by atoms with van der Waals surface area (Å²) in [6.07, 6.45) is 1.29. The highest BCUT2D eigenvalue weighted by Crippen LogP contribution is 2.20. The summed E-state index contributed by atoms with van der Waals surface area (Å²) in [5, 5.41) is 13.2. The van der Waals surface area contributed by atoms with Crippen LogP contribution in [0.4, 0.5) is 0 Å².